The Balaban J connectivity index is 2.44. The second-order valence-electron chi connectivity index (χ2n) is 4.11. The first-order valence-electron chi connectivity index (χ1n) is 5.57. The van der Waals surface area contributed by atoms with E-state index in [1.165, 1.54) is 12.1 Å². The van der Waals surface area contributed by atoms with Crippen LogP contribution >= 0.6 is 22.6 Å². The normalized spacial score (nSPS) is 13.3. The van der Waals surface area contributed by atoms with Gasteiger partial charge in [-0.25, -0.2) is 0 Å². The monoisotopic (exact) mass is 377 g/mol. The molecule has 0 heterocycles. The van der Waals surface area contributed by atoms with Crippen molar-refractivity contribution < 1.29 is 13.2 Å². The van der Waals surface area contributed by atoms with Crippen molar-refractivity contribution in [3.8, 4) is 0 Å². The van der Waals surface area contributed by atoms with E-state index in [9.17, 15) is 13.2 Å². The van der Waals surface area contributed by atoms with Crippen LogP contribution in [0.4, 0.5) is 13.2 Å². The molecule has 0 aliphatic heterocycles. The van der Waals surface area contributed by atoms with E-state index in [4.69, 9.17) is 5.73 Å². The number of alkyl halides is 3. The first-order valence-corrected chi connectivity index (χ1v) is 6.64. The van der Waals surface area contributed by atoms with Gasteiger partial charge in [-0.15, -0.1) is 0 Å². The molecule has 0 saturated heterocycles. The molecule has 2 aromatic carbocycles. The van der Waals surface area contributed by atoms with Gasteiger partial charge in [0.1, 0.15) is 0 Å². The third-order valence-corrected chi connectivity index (χ3v) is 3.55. The zero-order valence-electron chi connectivity index (χ0n) is 9.79. The number of rotatable bonds is 2. The molecule has 1 nitrogen and oxygen atoms in total. The average molecular weight is 377 g/mol. The highest BCUT2D eigenvalue weighted by molar-refractivity contribution is 14.1. The molecule has 1 unspecified atom stereocenters. The second-order valence-corrected chi connectivity index (χ2v) is 5.36. The molecule has 100 valence electrons. The summed E-state index contributed by atoms with van der Waals surface area (Å²) in [5.41, 5.74) is 6.04. The Bertz CT molecular complexity index is 564. The van der Waals surface area contributed by atoms with E-state index >= 15 is 0 Å². The highest BCUT2D eigenvalue weighted by Crippen LogP contribution is 2.35. The molecule has 2 aromatic rings. The molecule has 0 fully saturated rings. The van der Waals surface area contributed by atoms with Crippen LogP contribution < -0.4 is 5.73 Å². The molecule has 0 radical (unpaired) electrons. The first kappa shape index (κ1) is 14.3. The van der Waals surface area contributed by atoms with Crippen molar-refractivity contribution in [1.29, 1.82) is 0 Å². The molecular weight excluding hydrogens is 366 g/mol. The average Bonchev–Trinajstić information content (AvgIpc) is 2.38. The summed E-state index contributed by atoms with van der Waals surface area (Å²) in [6, 6.07) is 11.8. The van der Waals surface area contributed by atoms with Crippen molar-refractivity contribution in [3.05, 3.63) is 68.8 Å². The molecule has 0 aliphatic rings. The predicted octanol–water partition coefficient (Wildman–Crippen LogP) is 4.36. The van der Waals surface area contributed by atoms with Crippen molar-refractivity contribution in [2.45, 2.75) is 12.2 Å². The minimum Gasteiger partial charge on any atom is -0.320 e. The fraction of sp³-hybridized carbons (Fsp3) is 0.143. The van der Waals surface area contributed by atoms with Crippen LogP contribution in [0.15, 0.2) is 48.5 Å². The van der Waals surface area contributed by atoms with Gasteiger partial charge in [0.15, 0.2) is 0 Å². The molecule has 19 heavy (non-hydrogen) atoms. The molecule has 0 saturated carbocycles. The Hall–Kier alpha value is -1.08. The number of hydrogen-bond donors (Lipinski definition) is 1. The Morgan fingerprint density at radius 1 is 0.947 bits per heavy atom. The molecule has 2 rings (SSSR count). The largest absolute Gasteiger partial charge is 0.416 e. The van der Waals surface area contributed by atoms with E-state index in [0.29, 0.717) is 5.56 Å². The van der Waals surface area contributed by atoms with Crippen molar-refractivity contribution in [2.75, 3.05) is 0 Å². The third kappa shape index (κ3) is 3.27. The Morgan fingerprint density at radius 3 is 2.11 bits per heavy atom. The van der Waals surface area contributed by atoms with E-state index < -0.39 is 17.8 Å². The number of benzene rings is 2. The topological polar surface area (TPSA) is 26.0 Å². The van der Waals surface area contributed by atoms with Crippen LogP contribution in [0.25, 0.3) is 0 Å². The molecule has 0 spiro atoms. The minimum atomic E-state index is -4.39. The van der Waals surface area contributed by atoms with E-state index in [-0.39, 0.29) is 5.56 Å². The smallest absolute Gasteiger partial charge is 0.320 e. The summed E-state index contributed by atoms with van der Waals surface area (Å²) in [7, 11) is 0. The number of halogens is 4. The van der Waals surface area contributed by atoms with Crippen LogP contribution in [0.3, 0.4) is 0 Å². The maximum atomic E-state index is 12.9. The van der Waals surface area contributed by atoms with Gasteiger partial charge in [-0.3, -0.25) is 0 Å². The van der Waals surface area contributed by atoms with Gasteiger partial charge < -0.3 is 5.73 Å². The van der Waals surface area contributed by atoms with Gasteiger partial charge in [-0.1, -0.05) is 30.3 Å². The Morgan fingerprint density at radius 2 is 1.53 bits per heavy atom. The van der Waals surface area contributed by atoms with Crippen LogP contribution in [0.1, 0.15) is 22.7 Å². The lowest BCUT2D eigenvalue weighted by Crippen LogP contribution is -2.18. The van der Waals surface area contributed by atoms with E-state index in [2.05, 4.69) is 22.6 Å². The Labute approximate surface area is 122 Å². The number of hydrogen-bond acceptors (Lipinski definition) is 1. The fourth-order valence-electron chi connectivity index (χ4n) is 1.88. The summed E-state index contributed by atoms with van der Waals surface area (Å²) in [5, 5.41) is 0. The lowest BCUT2D eigenvalue weighted by Gasteiger charge is -2.18. The fourth-order valence-corrected chi connectivity index (χ4v) is 2.24. The van der Waals surface area contributed by atoms with E-state index in [0.717, 1.165) is 9.64 Å². The lowest BCUT2D eigenvalue weighted by atomic mass is 9.95. The molecule has 0 aliphatic carbocycles. The molecular formula is C14H11F3IN. The highest BCUT2D eigenvalue weighted by Gasteiger charge is 2.34. The van der Waals surface area contributed by atoms with Crippen molar-refractivity contribution in [1.82, 2.24) is 0 Å². The summed E-state index contributed by atoms with van der Waals surface area (Å²) in [6.07, 6.45) is -4.39. The SMILES string of the molecule is NC(c1ccc(I)cc1)c1ccccc1C(F)(F)F. The van der Waals surface area contributed by atoms with Gasteiger partial charge >= 0.3 is 6.18 Å². The molecule has 0 amide bonds. The standard InChI is InChI=1S/C14H11F3IN/c15-14(16,17)12-4-2-1-3-11(12)13(19)9-5-7-10(18)8-6-9/h1-8,13H,19H2. The lowest BCUT2D eigenvalue weighted by molar-refractivity contribution is -0.138. The highest BCUT2D eigenvalue weighted by atomic mass is 127. The third-order valence-electron chi connectivity index (χ3n) is 2.83. The second kappa shape index (κ2) is 5.50. The van der Waals surface area contributed by atoms with Gasteiger partial charge in [0.05, 0.1) is 11.6 Å². The predicted molar refractivity (Wildman–Crippen MR) is 76.6 cm³/mol. The van der Waals surface area contributed by atoms with Gasteiger partial charge in [0.2, 0.25) is 0 Å². The minimum absolute atomic E-state index is 0.0937. The van der Waals surface area contributed by atoms with Crippen LogP contribution in [-0.4, -0.2) is 0 Å². The van der Waals surface area contributed by atoms with E-state index in [1.54, 1.807) is 18.2 Å². The summed E-state index contributed by atoms with van der Waals surface area (Å²) in [4.78, 5) is 0. The quantitative estimate of drug-likeness (QED) is 0.774. The van der Waals surface area contributed by atoms with Crippen molar-refractivity contribution in [3.63, 3.8) is 0 Å². The molecule has 0 bridgehead atoms. The molecule has 5 heteroatoms. The van der Waals surface area contributed by atoms with Crippen molar-refractivity contribution >= 4 is 22.6 Å². The summed E-state index contributed by atoms with van der Waals surface area (Å²) in [5.74, 6) is 0. The molecule has 2 N–H and O–H groups in total. The van der Waals surface area contributed by atoms with E-state index in [1.807, 2.05) is 12.1 Å². The summed E-state index contributed by atoms with van der Waals surface area (Å²) in [6.45, 7) is 0. The van der Waals surface area contributed by atoms with Gasteiger partial charge in [0, 0.05) is 3.57 Å². The van der Waals surface area contributed by atoms with Crippen molar-refractivity contribution in [2.24, 2.45) is 5.73 Å². The molecule has 0 aromatic heterocycles. The van der Waals surface area contributed by atoms with Gasteiger partial charge in [-0.05, 0) is 51.9 Å². The zero-order chi connectivity index (χ0) is 14.0. The van der Waals surface area contributed by atoms with Crippen LogP contribution in [0, 0.1) is 3.57 Å². The first-order chi connectivity index (χ1) is 8.89. The van der Waals surface area contributed by atoms with Crippen LogP contribution in [-0.2, 0) is 6.18 Å². The zero-order valence-corrected chi connectivity index (χ0v) is 11.9. The summed E-state index contributed by atoms with van der Waals surface area (Å²) < 4.78 is 39.8. The van der Waals surface area contributed by atoms with Gasteiger partial charge in [0.25, 0.3) is 0 Å². The number of nitrogens with two attached hydrogens (primary N) is 1. The van der Waals surface area contributed by atoms with Crippen LogP contribution in [0.2, 0.25) is 0 Å². The van der Waals surface area contributed by atoms with Gasteiger partial charge in [-0.2, -0.15) is 13.2 Å². The Kier molecular flexibility index (Phi) is 4.15. The molecule has 1 atom stereocenters. The maximum absolute atomic E-state index is 12.9. The summed E-state index contributed by atoms with van der Waals surface area (Å²) >= 11 is 2.13. The van der Waals surface area contributed by atoms with Crippen LogP contribution in [0.5, 0.6) is 0 Å². The maximum Gasteiger partial charge on any atom is 0.416 e.